The second kappa shape index (κ2) is 42.4. The zero-order valence-electron chi connectivity index (χ0n) is 50.3. The summed E-state index contributed by atoms with van der Waals surface area (Å²) in [6.45, 7) is 29.6. The fraction of sp³-hybridized carbons (Fsp3) is 0.652. The van der Waals surface area contributed by atoms with Crippen molar-refractivity contribution in [3.8, 4) is 58.2 Å². The van der Waals surface area contributed by atoms with Crippen molar-refractivity contribution >= 4 is 6.08 Å². The minimum absolute atomic E-state index is 0.520. The summed E-state index contributed by atoms with van der Waals surface area (Å²) in [4.78, 5) is 0. The Morgan fingerprint density at radius 3 is 1.21 bits per heavy atom. The summed E-state index contributed by atoms with van der Waals surface area (Å²) in [7, 11) is 1.71. The number of aryl methyl sites for hydroxylation is 2. The topological polar surface area (TPSA) is 55.4 Å². The number of allylic oxidation sites excluding steroid dienone is 1. The van der Waals surface area contributed by atoms with Gasteiger partial charge in [-0.15, -0.1) is 5.92 Å². The van der Waals surface area contributed by atoms with E-state index in [0.29, 0.717) is 37.6 Å². The molecule has 0 aliphatic heterocycles. The molecule has 3 atom stereocenters. The van der Waals surface area contributed by atoms with Crippen molar-refractivity contribution in [3.63, 3.8) is 0 Å². The first kappa shape index (κ1) is 66.4. The second-order valence-electron chi connectivity index (χ2n) is 20.9. The average molecular weight is 1030 g/mol. The third kappa shape index (κ3) is 27.3. The van der Waals surface area contributed by atoms with Crippen LogP contribution in [-0.4, -0.2) is 40.1 Å². The molecule has 3 aromatic rings. The maximum atomic E-state index is 6.60. The minimum Gasteiger partial charge on any atom is -0.496 e. The Hall–Kier alpha value is -4.68. The summed E-state index contributed by atoms with van der Waals surface area (Å²) in [6.07, 6.45) is 33.1. The van der Waals surface area contributed by atoms with Gasteiger partial charge in [-0.2, -0.15) is 0 Å². The molecule has 0 bridgehead atoms. The maximum Gasteiger partial charge on any atom is 0.136 e. The third-order valence-electron chi connectivity index (χ3n) is 14.4. The molecule has 6 heteroatoms. The van der Waals surface area contributed by atoms with Crippen molar-refractivity contribution in [2.45, 2.75) is 237 Å². The molecule has 6 nitrogen and oxygen atoms in total. The molecule has 0 N–H and O–H groups in total. The number of benzene rings is 3. The maximum absolute atomic E-state index is 6.60. The Balaban J connectivity index is 0.000000762. The van der Waals surface area contributed by atoms with Gasteiger partial charge in [-0.1, -0.05) is 207 Å². The first-order chi connectivity index (χ1) is 36.6. The van der Waals surface area contributed by atoms with Gasteiger partial charge in [0, 0.05) is 17.7 Å². The van der Waals surface area contributed by atoms with Gasteiger partial charge in [0.15, 0.2) is 0 Å². The number of hydrogen-bond acceptors (Lipinski definition) is 6. The monoisotopic (exact) mass is 1030 g/mol. The van der Waals surface area contributed by atoms with E-state index in [4.69, 9.17) is 28.4 Å². The van der Waals surface area contributed by atoms with Crippen LogP contribution in [0.1, 0.15) is 257 Å². The van der Waals surface area contributed by atoms with Crippen LogP contribution in [0.15, 0.2) is 42.5 Å². The van der Waals surface area contributed by atoms with E-state index >= 15 is 0 Å². The summed E-state index contributed by atoms with van der Waals surface area (Å²) >= 11 is 0. The highest BCUT2D eigenvalue weighted by Gasteiger charge is 2.17. The fourth-order valence-corrected chi connectivity index (χ4v) is 9.08. The molecule has 0 spiro atoms. The average Bonchev–Trinajstić information content (AvgIpc) is 3.42. The number of rotatable bonds is 39. The predicted molar refractivity (Wildman–Crippen MR) is 323 cm³/mol. The summed E-state index contributed by atoms with van der Waals surface area (Å²) < 4.78 is 37.5. The van der Waals surface area contributed by atoms with E-state index in [9.17, 15) is 0 Å². The van der Waals surface area contributed by atoms with Crippen molar-refractivity contribution in [1.82, 2.24) is 0 Å². The molecule has 0 aliphatic carbocycles. The highest BCUT2D eigenvalue weighted by Crippen LogP contribution is 2.34. The molecule has 0 saturated heterocycles. The molecule has 0 radical (unpaired) electrons. The van der Waals surface area contributed by atoms with Crippen LogP contribution in [0.4, 0.5) is 0 Å². The Kier molecular flexibility index (Phi) is 37.6. The fourth-order valence-electron chi connectivity index (χ4n) is 9.08. The van der Waals surface area contributed by atoms with E-state index in [1.54, 1.807) is 7.11 Å². The van der Waals surface area contributed by atoms with Gasteiger partial charge in [-0.25, -0.2) is 0 Å². The molecular weight excluding hydrogens is 925 g/mol. The van der Waals surface area contributed by atoms with Crippen LogP contribution in [0.2, 0.25) is 0 Å². The summed E-state index contributed by atoms with van der Waals surface area (Å²) in [6, 6.07) is 12.4. The van der Waals surface area contributed by atoms with Crippen molar-refractivity contribution in [3.05, 3.63) is 75.9 Å². The molecule has 0 heterocycles. The first-order valence-corrected chi connectivity index (χ1v) is 30.3. The Bertz CT molecular complexity index is 2110. The molecule has 3 aromatic carbocycles. The molecule has 3 unspecified atom stereocenters. The number of unbranched alkanes of at least 4 members (excludes halogenated alkanes) is 13. The third-order valence-corrected chi connectivity index (χ3v) is 14.4. The molecule has 3 rings (SSSR count). The molecule has 420 valence electrons. The quantitative estimate of drug-likeness (QED) is 0.0419. The van der Waals surface area contributed by atoms with E-state index in [-0.39, 0.29) is 0 Å². The van der Waals surface area contributed by atoms with E-state index in [1.807, 2.05) is 32.1 Å². The second-order valence-corrected chi connectivity index (χ2v) is 20.9. The van der Waals surface area contributed by atoms with Crippen molar-refractivity contribution < 1.29 is 28.4 Å². The Morgan fingerprint density at radius 2 is 0.787 bits per heavy atom. The summed E-state index contributed by atoms with van der Waals surface area (Å²) in [5, 5.41) is 0. The van der Waals surface area contributed by atoms with Crippen LogP contribution < -0.4 is 28.4 Å². The molecular formula is C69H108O6. The first-order valence-electron chi connectivity index (χ1n) is 30.3. The zero-order valence-corrected chi connectivity index (χ0v) is 50.3. The highest BCUT2D eigenvalue weighted by molar-refractivity contribution is 5.62. The summed E-state index contributed by atoms with van der Waals surface area (Å²) in [5.41, 5.74) is 5.80. The van der Waals surface area contributed by atoms with Crippen LogP contribution >= 0.6 is 0 Å². The Morgan fingerprint density at radius 1 is 0.413 bits per heavy atom. The van der Waals surface area contributed by atoms with Gasteiger partial charge in [0.05, 0.1) is 56.8 Å². The zero-order chi connectivity index (χ0) is 54.9. The number of hydrogen-bond donors (Lipinski definition) is 0. The smallest absolute Gasteiger partial charge is 0.136 e. The lowest BCUT2D eigenvalue weighted by Crippen LogP contribution is -2.13. The lowest BCUT2D eigenvalue weighted by Gasteiger charge is -2.20. The standard InChI is InChI=1S/C50H78O4.C19H30O2/c1-9-16-20-22-24-26-33-51-49-38-46(50(37-44(49)28-13-5)52-34-27-25-23-21-17-10-2)32-31-45-36-47(53-39-42(14-6)29-18-11-3)41(8)35-48(45)54-40-43(15-7)30-19-12-4;1-6-9-11-16(8-3)14-21-19-12-15(4)18(20-5)13-17(19)10-7-2/h35-38,42-43H,9-12,14-27,29-30,33-34,39-40H2,1-8H3;7,10,12-13,16H,6,8-9,11,14H2,1-5H3/b;10-7+. The van der Waals surface area contributed by atoms with Crippen LogP contribution in [0, 0.1) is 55.3 Å². The largest absolute Gasteiger partial charge is 0.496 e. The molecule has 75 heavy (non-hydrogen) atoms. The van der Waals surface area contributed by atoms with Crippen molar-refractivity contribution in [2.24, 2.45) is 17.8 Å². The predicted octanol–water partition coefficient (Wildman–Crippen LogP) is 20.1. The van der Waals surface area contributed by atoms with Crippen LogP contribution in [-0.2, 0) is 0 Å². The molecule has 0 aromatic heterocycles. The Labute approximate surface area is 461 Å². The molecule has 0 saturated carbocycles. The molecule has 0 aliphatic rings. The van der Waals surface area contributed by atoms with Gasteiger partial charge >= 0.3 is 0 Å². The normalized spacial score (nSPS) is 12.1. The lowest BCUT2D eigenvalue weighted by atomic mass is 10.00. The van der Waals surface area contributed by atoms with Gasteiger partial charge in [0.2, 0.25) is 0 Å². The number of ether oxygens (including phenoxy) is 6. The van der Waals surface area contributed by atoms with E-state index in [1.165, 1.54) is 128 Å². The number of methoxy groups -OCH3 is 1. The van der Waals surface area contributed by atoms with Gasteiger partial charge in [0.25, 0.3) is 0 Å². The van der Waals surface area contributed by atoms with Crippen molar-refractivity contribution in [1.29, 1.82) is 0 Å². The van der Waals surface area contributed by atoms with Gasteiger partial charge in [-0.3, -0.25) is 0 Å². The van der Waals surface area contributed by atoms with Crippen LogP contribution in [0.3, 0.4) is 0 Å². The van der Waals surface area contributed by atoms with Gasteiger partial charge in [0.1, 0.15) is 34.5 Å². The minimum atomic E-state index is 0.520. The van der Waals surface area contributed by atoms with Crippen LogP contribution in [0.25, 0.3) is 6.08 Å². The lowest BCUT2D eigenvalue weighted by molar-refractivity contribution is 0.226. The summed E-state index contributed by atoms with van der Waals surface area (Å²) in [5.74, 6) is 20.3. The van der Waals surface area contributed by atoms with Gasteiger partial charge < -0.3 is 28.4 Å². The van der Waals surface area contributed by atoms with E-state index < -0.39 is 0 Å². The molecule has 0 amide bonds. The van der Waals surface area contributed by atoms with Crippen molar-refractivity contribution in [2.75, 3.05) is 40.1 Å². The van der Waals surface area contributed by atoms with Crippen LogP contribution in [0.5, 0.6) is 34.5 Å². The molecule has 0 fully saturated rings. The highest BCUT2D eigenvalue weighted by atomic mass is 16.5. The van der Waals surface area contributed by atoms with E-state index in [0.717, 1.165) is 107 Å². The van der Waals surface area contributed by atoms with Gasteiger partial charge in [-0.05, 0) is 113 Å². The van der Waals surface area contributed by atoms with E-state index in [2.05, 4.69) is 123 Å². The SMILES string of the molecule is C/C=C/c1cc(OC)c(C)cc1OCC(CC)CCCC.CC#Cc1cc(OCCCCCCCC)c(C#Cc2cc(OCC(CC)CCCC)c(C)cc2OCC(CC)CCCC)cc1OCCCCCCCC.